The van der Waals surface area contributed by atoms with Gasteiger partial charge in [-0.2, -0.15) is 0 Å². The predicted octanol–water partition coefficient (Wildman–Crippen LogP) is 4.85. The van der Waals surface area contributed by atoms with Crippen LogP contribution in [0.3, 0.4) is 0 Å². The molecule has 0 spiro atoms. The number of nitrogens with zero attached hydrogens (tertiary/aromatic N) is 2. The summed E-state index contributed by atoms with van der Waals surface area (Å²) in [4.78, 5) is 12.2. The van der Waals surface area contributed by atoms with Crippen LogP contribution in [-0.2, 0) is 4.79 Å². The smallest absolute Gasteiger partial charge is 0.234 e. The van der Waals surface area contributed by atoms with Gasteiger partial charge >= 0.3 is 0 Å². The summed E-state index contributed by atoms with van der Waals surface area (Å²) in [6.45, 7) is 1.86. The van der Waals surface area contributed by atoms with Gasteiger partial charge in [-0.25, -0.2) is 0 Å². The van der Waals surface area contributed by atoms with Gasteiger partial charge in [0.05, 0.1) is 25.7 Å². The zero-order chi connectivity index (χ0) is 20.8. The summed E-state index contributed by atoms with van der Waals surface area (Å²) in [5.74, 6) is 1.36. The Morgan fingerprint density at radius 2 is 1.86 bits per heavy atom. The lowest BCUT2D eigenvalue weighted by Gasteiger charge is -2.10. The van der Waals surface area contributed by atoms with Gasteiger partial charge in [-0.05, 0) is 55.0 Å². The van der Waals surface area contributed by atoms with E-state index in [4.69, 9.17) is 21.1 Å². The van der Waals surface area contributed by atoms with Crippen molar-refractivity contribution in [3.8, 4) is 22.8 Å². The highest BCUT2D eigenvalue weighted by Gasteiger charge is 2.10. The monoisotopic (exact) mass is 429 g/mol. The molecule has 3 aromatic rings. The van der Waals surface area contributed by atoms with Crippen LogP contribution in [-0.4, -0.2) is 36.1 Å². The van der Waals surface area contributed by atoms with Crippen LogP contribution in [0.5, 0.6) is 11.5 Å². The molecule has 3 rings (SSSR count). The first-order chi connectivity index (χ1) is 14.0. The molecule has 0 radical (unpaired) electrons. The van der Waals surface area contributed by atoms with E-state index in [-0.39, 0.29) is 11.7 Å². The van der Waals surface area contributed by atoms with Crippen molar-refractivity contribution in [2.24, 2.45) is 0 Å². The number of ether oxygens (including phenoxy) is 2. The van der Waals surface area contributed by atoms with Crippen molar-refractivity contribution in [3.05, 3.63) is 59.1 Å². The number of amides is 1. The van der Waals surface area contributed by atoms with E-state index >= 15 is 0 Å². The van der Waals surface area contributed by atoms with Crippen molar-refractivity contribution < 1.29 is 14.3 Å². The van der Waals surface area contributed by atoms with Crippen LogP contribution in [0.15, 0.2) is 53.6 Å². The topological polar surface area (TPSA) is 73.3 Å². The molecule has 0 saturated heterocycles. The van der Waals surface area contributed by atoms with Crippen molar-refractivity contribution in [1.29, 1.82) is 0 Å². The SMILES string of the molecule is COc1ccc(-c2ccc(SCC(=O)Nc3cccc(Cl)c3C)nn2)cc1OC. The third-order valence-corrected chi connectivity index (χ3v) is 5.54. The maximum absolute atomic E-state index is 12.2. The molecule has 2 aromatic carbocycles. The first kappa shape index (κ1) is 21.0. The lowest BCUT2D eigenvalue weighted by atomic mass is 10.1. The Labute approximate surface area is 178 Å². The van der Waals surface area contributed by atoms with E-state index in [1.54, 1.807) is 26.4 Å². The van der Waals surface area contributed by atoms with Crippen molar-refractivity contribution in [1.82, 2.24) is 10.2 Å². The molecule has 0 aliphatic rings. The molecule has 1 N–H and O–H groups in total. The fourth-order valence-corrected chi connectivity index (χ4v) is 3.40. The van der Waals surface area contributed by atoms with Crippen LogP contribution in [0.25, 0.3) is 11.3 Å². The van der Waals surface area contributed by atoms with E-state index in [1.165, 1.54) is 11.8 Å². The number of halogens is 1. The Morgan fingerprint density at radius 3 is 2.55 bits per heavy atom. The van der Waals surface area contributed by atoms with E-state index in [0.717, 1.165) is 11.1 Å². The normalized spacial score (nSPS) is 10.5. The highest BCUT2D eigenvalue weighted by Crippen LogP contribution is 2.31. The Kier molecular flexibility index (Phi) is 6.95. The van der Waals surface area contributed by atoms with Crippen molar-refractivity contribution in [2.75, 3.05) is 25.3 Å². The summed E-state index contributed by atoms with van der Waals surface area (Å²) in [6, 6.07) is 14.7. The average molecular weight is 430 g/mol. The van der Waals surface area contributed by atoms with Gasteiger partial charge < -0.3 is 14.8 Å². The Balaban J connectivity index is 1.62. The molecule has 0 saturated carbocycles. The molecule has 1 amide bonds. The first-order valence-corrected chi connectivity index (χ1v) is 10.1. The number of rotatable bonds is 7. The molecular weight excluding hydrogens is 410 g/mol. The highest BCUT2D eigenvalue weighted by molar-refractivity contribution is 7.99. The van der Waals surface area contributed by atoms with E-state index in [2.05, 4.69) is 15.5 Å². The number of nitrogens with one attached hydrogen (secondary N) is 1. The first-order valence-electron chi connectivity index (χ1n) is 8.75. The number of hydrogen-bond acceptors (Lipinski definition) is 6. The number of anilines is 1. The van der Waals surface area contributed by atoms with Crippen LogP contribution in [0.4, 0.5) is 5.69 Å². The van der Waals surface area contributed by atoms with Gasteiger partial charge in [0.15, 0.2) is 11.5 Å². The number of carbonyl (C=O) groups is 1. The molecule has 0 aliphatic carbocycles. The summed E-state index contributed by atoms with van der Waals surface area (Å²) < 4.78 is 10.6. The van der Waals surface area contributed by atoms with Gasteiger partial charge in [0, 0.05) is 16.3 Å². The standard InChI is InChI=1S/C21H20ClN3O3S/c1-13-15(22)5-4-6-16(13)23-20(26)12-29-21-10-8-17(24-25-21)14-7-9-18(27-2)19(11-14)28-3/h4-11H,12H2,1-3H3,(H,23,26). The summed E-state index contributed by atoms with van der Waals surface area (Å²) in [6.07, 6.45) is 0. The summed E-state index contributed by atoms with van der Waals surface area (Å²) in [5.41, 5.74) is 3.11. The molecule has 0 aliphatic heterocycles. The molecule has 29 heavy (non-hydrogen) atoms. The minimum absolute atomic E-state index is 0.133. The Bertz CT molecular complexity index is 1010. The molecule has 150 valence electrons. The van der Waals surface area contributed by atoms with E-state index in [9.17, 15) is 4.79 Å². The maximum Gasteiger partial charge on any atom is 0.234 e. The quantitative estimate of drug-likeness (QED) is 0.541. The van der Waals surface area contributed by atoms with E-state index in [1.807, 2.05) is 43.3 Å². The lowest BCUT2D eigenvalue weighted by Crippen LogP contribution is -2.15. The molecule has 0 atom stereocenters. The van der Waals surface area contributed by atoms with Crippen molar-refractivity contribution in [3.63, 3.8) is 0 Å². The van der Waals surface area contributed by atoms with Gasteiger partial charge in [0.2, 0.25) is 5.91 Å². The summed E-state index contributed by atoms with van der Waals surface area (Å²) >= 11 is 7.39. The van der Waals surface area contributed by atoms with Gasteiger partial charge in [-0.15, -0.1) is 10.2 Å². The molecule has 1 heterocycles. The number of thioether (sulfide) groups is 1. The largest absolute Gasteiger partial charge is 0.493 e. The second-order valence-corrected chi connectivity index (χ2v) is 7.48. The summed E-state index contributed by atoms with van der Waals surface area (Å²) in [5, 5.41) is 12.6. The fourth-order valence-electron chi connectivity index (χ4n) is 2.62. The fraction of sp³-hybridized carbons (Fsp3) is 0.190. The number of benzene rings is 2. The molecule has 8 heteroatoms. The second-order valence-electron chi connectivity index (χ2n) is 6.08. The minimum atomic E-state index is -0.133. The van der Waals surface area contributed by atoms with Crippen molar-refractivity contribution in [2.45, 2.75) is 11.9 Å². The lowest BCUT2D eigenvalue weighted by molar-refractivity contribution is -0.113. The third kappa shape index (κ3) is 5.19. The van der Waals surface area contributed by atoms with Crippen molar-refractivity contribution >= 4 is 35.0 Å². The molecule has 0 bridgehead atoms. The minimum Gasteiger partial charge on any atom is -0.493 e. The second kappa shape index (κ2) is 9.62. The molecular formula is C21H20ClN3O3S. The van der Waals surface area contributed by atoms with E-state index < -0.39 is 0 Å². The molecule has 1 aromatic heterocycles. The van der Waals surface area contributed by atoms with Crippen LogP contribution in [0.1, 0.15) is 5.56 Å². The number of carbonyl (C=O) groups excluding carboxylic acids is 1. The zero-order valence-corrected chi connectivity index (χ0v) is 17.8. The van der Waals surface area contributed by atoms with Gasteiger partial charge in [0.1, 0.15) is 5.03 Å². The van der Waals surface area contributed by atoms with Crippen LogP contribution in [0.2, 0.25) is 5.02 Å². The van der Waals surface area contributed by atoms with Crippen LogP contribution in [0, 0.1) is 6.92 Å². The van der Waals surface area contributed by atoms with Crippen LogP contribution < -0.4 is 14.8 Å². The molecule has 0 fully saturated rings. The van der Waals surface area contributed by atoms with E-state index in [0.29, 0.717) is 32.9 Å². The summed E-state index contributed by atoms with van der Waals surface area (Å²) in [7, 11) is 3.18. The third-order valence-electron chi connectivity index (χ3n) is 4.21. The number of hydrogen-bond donors (Lipinski definition) is 1. The Morgan fingerprint density at radius 1 is 1.07 bits per heavy atom. The van der Waals surface area contributed by atoms with Crippen LogP contribution >= 0.6 is 23.4 Å². The number of aromatic nitrogens is 2. The molecule has 6 nitrogen and oxygen atoms in total. The Hall–Kier alpha value is -2.77. The predicted molar refractivity (Wildman–Crippen MR) is 116 cm³/mol. The highest BCUT2D eigenvalue weighted by atomic mass is 35.5. The van der Waals surface area contributed by atoms with Gasteiger partial charge in [0.25, 0.3) is 0 Å². The molecule has 0 unspecified atom stereocenters. The van der Waals surface area contributed by atoms with Gasteiger partial charge in [-0.3, -0.25) is 4.79 Å². The number of methoxy groups -OCH3 is 2. The van der Waals surface area contributed by atoms with Gasteiger partial charge in [-0.1, -0.05) is 29.4 Å². The average Bonchev–Trinajstić information content (AvgIpc) is 2.75. The zero-order valence-electron chi connectivity index (χ0n) is 16.2. The maximum atomic E-state index is 12.2.